The Morgan fingerprint density at radius 1 is 0.652 bits per heavy atom. The summed E-state index contributed by atoms with van der Waals surface area (Å²) < 4.78 is 0. The van der Waals surface area contributed by atoms with Gasteiger partial charge in [0.25, 0.3) is 0 Å². The number of carboxylic acid groups (broad SMARTS) is 1. The number of hydrogen-bond donors (Lipinski definition) is 2. The first-order chi connectivity index (χ1) is 11.3. The number of carbonyl (C=O) groups is 1. The van der Waals surface area contributed by atoms with Crippen molar-refractivity contribution in [2.75, 3.05) is 6.61 Å². The number of rotatable bonds is 10. The number of aliphatic hydroxyl groups is 1. The minimum absolute atomic E-state index is 0.316. The average molecular weight is 312 g/mol. The van der Waals surface area contributed by atoms with Gasteiger partial charge in [-0.1, -0.05) is 50.9 Å². The molecule has 0 fully saturated rings. The largest absolute Gasteiger partial charge is 0.472 e. The zero-order valence-corrected chi connectivity index (χ0v) is 13.6. The van der Waals surface area contributed by atoms with Crippen molar-refractivity contribution in [2.24, 2.45) is 0 Å². The van der Waals surface area contributed by atoms with Crippen LogP contribution in [0.25, 0.3) is 0 Å². The molecule has 0 amide bonds. The van der Waals surface area contributed by atoms with Gasteiger partial charge in [0.05, 0.1) is 0 Å². The summed E-state index contributed by atoms with van der Waals surface area (Å²) in [7, 11) is 0. The predicted molar refractivity (Wildman–Crippen MR) is 92.0 cm³/mol. The molecule has 0 aliphatic rings. The fraction of sp³-hybridized carbons (Fsp3) is 0.550. The van der Waals surface area contributed by atoms with Crippen LogP contribution in [0, 0.1) is 47.4 Å². The molecule has 0 aliphatic heterocycles. The van der Waals surface area contributed by atoms with Gasteiger partial charge in [0.15, 0.2) is 0 Å². The van der Waals surface area contributed by atoms with Crippen molar-refractivity contribution in [1.29, 1.82) is 0 Å². The summed E-state index contributed by atoms with van der Waals surface area (Å²) >= 11 is 0. The minimum Gasteiger partial charge on any atom is -0.472 e. The third-order valence-corrected chi connectivity index (χ3v) is 3.03. The van der Waals surface area contributed by atoms with Gasteiger partial charge in [-0.3, -0.25) is 0 Å². The molecule has 0 aliphatic carbocycles. The summed E-state index contributed by atoms with van der Waals surface area (Å²) in [6, 6.07) is 0. The van der Waals surface area contributed by atoms with Crippen molar-refractivity contribution < 1.29 is 15.0 Å². The molecule has 0 saturated carbocycles. The van der Waals surface area contributed by atoms with Crippen LogP contribution >= 0.6 is 0 Å². The van der Waals surface area contributed by atoms with E-state index in [1.165, 1.54) is 38.5 Å². The SMILES string of the molecule is O=C(O)C#CC#CC#CC#CCCCCCCCCCCCO. The lowest BCUT2D eigenvalue weighted by Gasteiger charge is -2.00. The van der Waals surface area contributed by atoms with Gasteiger partial charge in [0, 0.05) is 18.9 Å². The Hall–Kier alpha value is -2.33. The summed E-state index contributed by atoms with van der Waals surface area (Å²) in [6.07, 6.45) is 11.5. The normalized spacial score (nSPS) is 8.22. The second kappa shape index (κ2) is 17.7. The van der Waals surface area contributed by atoms with E-state index in [-0.39, 0.29) is 0 Å². The molecule has 0 rings (SSSR count). The van der Waals surface area contributed by atoms with E-state index in [0.717, 1.165) is 25.7 Å². The van der Waals surface area contributed by atoms with Crippen LogP contribution in [0.5, 0.6) is 0 Å². The van der Waals surface area contributed by atoms with Crippen molar-refractivity contribution in [3.05, 3.63) is 0 Å². The molecule has 0 heterocycles. The minimum atomic E-state index is -1.20. The molecule has 0 spiro atoms. The molecule has 2 N–H and O–H groups in total. The molecule has 3 heteroatoms. The molecular formula is C20H24O3. The third kappa shape index (κ3) is 19.7. The monoisotopic (exact) mass is 312 g/mol. The first kappa shape index (κ1) is 20.7. The van der Waals surface area contributed by atoms with Crippen LogP contribution in [0.3, 0.4) is 0 Å². The smallest absolute Gasteiger partial charge is 0.382 e. The first-order valence-electron chi connectivity index (χ1n) is 8.10. The van der Waals surface area contributed by atoms with Crippen LogP contribution in [0.4, 0.5) is 0 Å². The second-order valence-corrected chi connectivity index (χ2v) is 5.01. The van der Waals surface area contributed by atoms with Crippen LogP contribution in [0.15, 0.2) is 0 Å². The van der Waals surface area contributed by atoms with Gasteiger partial charge in [-0.05, 0) is 48.4 Å². The molecule has 0 radical (unpaired) electrons. The van der Waals surface area contributed by atoms with Crippen molar-refractivity contribution in [3.8, 4) is 47.4 Å². The lowest BCUT2D eigenvalue weighted by atomic mass is 10.1. The molecule has 0 aromatic carbocycles. The molecule has 0 unspecified atom stereocenters. The Bertz CT molecular complexity index is 559. The number of unbranched alkanes of at least 4 members (excludes halogenated alkanes) is 9. The molecule has 23 heavy (non-hydrogen) atoms. The molecule has 0 atom stereocenters. The van der Waals surface area contributed by atoms with Gasteiger partial charge in [0.1, 0.15) is 0 Å². The number of aliphatic hydroxyl groups excluding tert-OH is 1. The van der Waals surface area contributed by atoms with Gasteiger partial charge in [-0.2, -0.15) is 0 Å². The van der Waals surface area contributed by atoms with E-state index in [9.17, 15) is 4.79 Å². The summed E-state index contributed by atoms with van der Waals surface area (Å²) in [5.41, 5.74) is 0. The first-order valence-corrected chi connectivity index (χ1v) is 8.10. The van der Waals surface area contributed by atoms with Crippen LogP contribution < -0.4 is 0 Å². The average Bonchev–Trinajstić information content (AvgIpc) is 2.53. The van der Waals surface area contributed by atoms with Crippen LogP contribution in [0.1, 0.15) is 64.2 Å². The van der Waals surface area contributed by atoms with E-state index in [1.807, 2.05) is 5.92 Å². The van der Waals surface area contributed by atoms with Crippen LogP contribution in [0.2, 0.25) is 0 Å². The van der Waals surface area contributed by atoms with Crippen molar-refractivity contribution in [1.82, 2.24) is 0 Å². The van der Waals surface area contributed by atoms with E-state index < -0.39 is 5.97 Å². The van der Waals surface area contributed by atoms with E-state index >= 15 is 0 Å². The van der Waals surface area contributed by atoms with Crippen molar-refractivity contribution >= 4 is 5.97 Å². The van der Waals surface area contributed by atoms with Gasteiger partial charge >= 0.3 is 5.97 Å². The van der Waals surface area contributed by atoms with E-state index in [0.29, 0.717) is 6.61 Å². The molecule has 0 bridgehead atoms. The highest BCUT2D eigenvalue weighted by Gasteiger charge is 1.91. The van der Waals surface area contributed by atoms with Gasteiger partial charge in [-0.15, -0.1) is 0 Å². The molecule has 3 nitrogen and oxygen atoms in total. The Morgan fingerprint density at radius 2 is 1.13 bits per heavy atom. The van der Waals surface area contributed by atoms with Crippen molar-refractivity contribution in [2.45, 2.75) is 64.2 Å². The topological polar surface area (TPSA) is 57.5 Å². The van der Waals surface area contributed by atoms with Crippen LogP contribution in [-0.2, 0) is 4.79 Å². The second-order valence-electron chi connectivity index (χ2n) is 5.01. The third-order valence-electron chi connectivity index (χ3n) is 3.03. The van der Waals surface area contributed by atoms with Crippen LogP contribution in [-0.4, -0.2) is 22.8 Å². The van der Waals surface area contributed by atoms with E-state index in [1.54, 1.807) is 0 Å². The molecule has 0 aromatic rings. The Labute approximate surface area is 139 Å². The summed E-state index contributed by atoms with van der Waals surface area (Å²) in [5.74, 6) is 18.4. The standard InChI is InChI=1S/C20H24O3/c21-19-17-15-13-11-9-7-5-3-1-2-4-6-8-10-12-14-16-18-20(22)23/h21H,1-3,5,7,9,11,13,15,17,19H2,(H,22,23). The molecule has 122 valence electrons. The van der Waals surface area contributed by atoms with E-state index in [2.05, 4.69) is 41.4 Å². The molecule has 0 aromatic heterocycles. The fourth-order valence-corrected chi connectivity index (χ4v) is 1.88. The zero-order valence-electron chi connectivity index (χ0n) is 13.6. The number of hydrogen-bond acceptors (Lipinski definition) is 2. The summed E-state index contributed by atoms with van der Waals surface area (Å²) in [4.78, 5) is 10.1. The van der Waals surface area contributed by atoms with Crippen molar-refractivity contribution in [3.63, 3.8) is 0 Å². The summed E-state index contributed by atoms with van der Waals surface area (Å²) in [6.45, 7) is 0.316. The summed E-state index contributed by atoms with van der Waals surface area (Å²) in [5, 5.41) is 16.9. The maximum absolute atomic E-state index is 10.1. The molecular weight excluding hydrogens is 288 g/mol. The quantitative estimate of drug-likeness (QED) is 0.481. The highest BCUT2D eigenvalue weighted by atomic mass is 16.4. The Kier molecular flexibility index (Phi) is 15.9. The Balaban J connectivity index is 3.47. The highest BCUT2D eigenvalue weighted by Crippen LogP contribution is 2.10. The van der Waals surface area contributed by atoms with Gasteiger partial charge < -0.3 is 10.2 Å². The van der Waals surface area contributed by atoms with Gasteiger partial charge in [-0.25, -0.2) is 4.79 Å². The fourth-order valence-electron chi connectivity index (χ4n) is 1.88. The zero-order chi connectivity index (χ0) is 17.0. The predicted octanol–water partition coefficient (Wildman–Crippen LogP) is 2.98. The number of carboxylic acids is 1. The lowest BCUT2D eigenvalue weighted by molar-refractivity contribution is -0.130. The maximum Gasteiger partial charge on any atom is 0.382 e. The number of aliphatic carboxylic acids is 1. The lowest BCUT2D eigenvalue weighted by Crippen LogP contribution is -1.85. The molecule has 0 saturated heterocycles. The maximum atomic E-state index is 10.1. The van der Waals surface area contributed by atoms with E-state index in [4.69, 9.17) is 10.2 Å². The van der Waals surface area contributed by atoms with Gasteiger partial charge in [0.2, 0.25) is 0 Å². The Morgan fingerprint density at radius 3 is 1.70 bits per heavy atom. The highest BCUT2D eigenvalue weighted by molar-refractivity contribution is 5.87.